The van der Waals surface area contributed by atoms with E-state index in [9.17, 15) is 9.90 Å². The van der Waals surface area contributed by atoms with Crippen molar-refractivity contribution in [1.29, 1.82) is 0 Å². The van der Waals surface area contributed by atoms with Crippen molar-refractivity contribution >= 4 is 18.7 Å². The van der Waals surface area contributed by atoms with Gasteiger partial charge < -0.3 is 24.4 Å². The van der Waals surface area contributed by atoms with Gasteiger partial charge in [0.1, 0.15) is 19.0 Å². The number of halogens is 1. The van der Waals surface area contributed by atoms with Crippen LogP contribution < -0.4 is 9.47 Å². The summed E-state index contributed by atoms with van der Waals surface area (Å²) in [5, 5.41) is 10.0. The number of nitrogens with zero attached hydrogens (tertiary/aromatic N) is 2. The minimum absolute atomic E-state index is 0. The molecule has 1 N–H and O–H groups in total. The van der Waals surface area contributed by atoms with Gasteiger partial charge in [-0.2, -0.15) is 0 Å². The van der Waals surface area contributed by atoms with Crippen molar-refractivity contribution in [2.75, 3.05) is 34.0 Å². The Morgan fingerprint density at radius 2 is 2.14 bits per heavy atom. The van der Waals surface area contributed by atoms with Crippen LogP contribution in [0.2, 0.25) is 0 Å². The lowest BCUT2D eigenvalue weighted by Crippen LogP contribution is -2.33. The van der Waals surface area contributed by atoms with Gasteiger partial charge >= 0.3 is 0 Å². The molecule has 6 nitrogen and oxygen atoms in total. The molecule has 0 aliphatic carbocycles. The van der Waals surface area contributed by atoms with Crippen LogP contribution >= 0.6 is 12.4 Å². The van der Waals surface area contributed by atoms with Crippen molar-refractivity contribution in [1.82, 2.24) is 9.80 Å². The van der Waals surface area contributed by atoms with E-state index in [0.717, 1.165) is 13.0 Å². The number of methoxy groups -OCH3 is 1. The average Bonchev–Trinajstić information content (AvgIpc) is 2.90. The zero-order chi connectivity index (χ0) is 15.2. The molecule has 1 aromatic rings. The summed E-state index contributed by atoms with van der Waals surface area (Å²) in [6.07, 6.45) is 4.02. The molecule has 0 aromatic heterocycles. The standard InChI is InChI=1S/C15H20N2O4.ClH/c1-16-5-6-17(11-16)8-13(19)10-21-14-4-3-12(9-18)7-15(14)20-2;/h3-7,9,13,19H,8,10-11H2,1-2H3;1H. The summed E-state index contributed by atoms with van der Waals surface area (Å²) < 4.78 is 10.7. The number of aliphatic hydroxyl groups is 1. The third-order valence-corrected chi connectivity index (χ3v) is 3.14. The first-order valence-corrected chi connectivity index (χ1v) is 6.69. The summed E-state index contributed by atoms with van der Waals surface area (Å²) >= 11 is 0. The molecule has 1 heterocycles. The molecule has 1 atom stereocenters. The van der Waals surface area contributed by atoms with E-state index in [2.05, 4.69) is 0 Å². The fraction of sp³-hybridized carbons (Fsp3) is 0.400. The Morgan fingerprint density at radius 1 is 1.36 bits per heavy atom. The first-order chi connectivity index (χ1) is 10.1. The maximum atomic E-state index is 10.7. The highest BCUT2D eigenvalue weighted by Crippen LogP contribution is 2.27. The number of carbonyl (C=O) groups is 1. The summed E-state index contributed by atoms with van der Waals surface area (Å²) in [6.45, 7) is 1.41. The lowest BCUT2D eigenvalue weighted by Gasteiger charge is -2.22. The number of carbonyl (C=O) groups excluding carboxylic acids is 1. The molecule has 0 saturated carbocycles. The van der Waals surface area contributed by atoms with Gasteiger partial charge in [-0.3, -0.25) is 4.79 Å². The van der Waals surface area contributed by atoms with Gasteiger partial charge in [-0.05, 0) is 18.2 Å². The highest BCUT2D eigenvalue weighted by molar-refractivity contribution is 5.85. The van der Waals surface area contributed by atoms with Gasteiger partial charge in [0.05, 0.1) is 13.8 Å². The van der Waals surface area contributed by atoms with E-state index in [-0.39, 0.29) is 19.0 Å². The van der Waals surface area contributed by atoms with Gasteiger partial charge in [-0.1, -0.05) is 0 Å². The predicted octanol–water partition coefficient (Wildman–Crippen LogP) is 1.35. The van der Waals surface area contributed by atoms with Gasteiger partial charge in [-0.15, -0.1) is 12.4 Å². The second-order valence-electron chi connectivity index (χ2n) is 4.96. The second-order valence-corrected chi connectivity index (χ2v) is 4.96. The lowest BCUT2D eigenvalue weighted by atomic mass is 10.2. The van der Waals surface area contributed by atoms with E-state index in [0.29, 0.717) is 23.6 Å². The fourth-order valence-electron chi connectivity index (χ4n) is 2.09. The molecule has 0 amide bonds. The molecule has 1 unspecified atom stereocenters. The van der Waals surface area contributed by atoms with Gasteiger partial charge in [0.15, 0.2) is 11.5 Å². The summed E-state index contributed by atoms with van der Waals surface area (Å²) in [5.41, 5.74) is 0.519. The Hall–Kier alpha value is -1.92. The molecule has 1 aromatic carbocycles. The Balaban J connectivity index is 0.00000242. The fourth-order valence-corrected chi connectivity index (χ4v) is 2.09. The van der Waals surface area contributed by atoms with Crippen molar-refractivity contribution < 1.29 is 19.4 Å². The van der Waals surface area contributed by atoms with Gasteiger partial charge in [0.2, 0.25) is 0 Å². The van der Waals surface area contributed by atoms with Gasteiger partial charge in [0, 0.05) is 31.6 Å². The molecular formula is C15H21ClN2O4. The number of aliphatic hydroxyl groups excluding tert-OH is 1. The van der Waals surface area contributed by atoms with Gasteiger partial charge in [-0.25, -0.2) is 0 Å². The zero-order valence-corrected chi connectivity index (χ0v) is 13.5. The highest BCUT2D eigenvalue weighted by Gasteiger charge is 2.15. The minimum Gasteiger partial charge on any atom is -0.493 e. The van der Waals surface area contributed by atoms with Crippen LogP contribution in [-0.2, 0) is 0 Å². The zero-order valence-electron chi connectivity index (χ0n) is 12.6. The molecule has 7 heteroatoms. The molecule has 122 valence electrons. The number of ether oxygens (including phenoxy) is 2. The van der Waals surface area contributed by atoms with Crippen LogP contribution in [0.15, 0.2) is 30.6 Å². The topological polar surface area (TPSA) is 62.2 Å². The highest BCUT2D eigenvalue weighted by atomic mass is 35.5. The van der Waals surface area contributed by atoms with Crippen LogP contribution in [0.5, 0.6) is 11.5 Å². The minimum atomic E-state index is -0.614. The Labute approximate surface area is 136 Å². The summed E-state index contributed by atoms with van der Waals surface area (Å²) in [5.74, 6) is 0.990. The molecule has 0 spiro atoms. The Bertz CT molecular complexity index is 524. The van der Waals surface area contributed by atoms with E-state index in [4.69, 9.17) is 9.47 Å². The van der Waals surface area contributed by atoms with E-state index < -0.39 is 6.10 Å². The smallest absolute Gasteiger partial charge is 0.161 e. The molecule has 0 radical (unpaired) electrons. The number of hydrogen-bond donors (Lipinski definition) is 1. The third kappa shape index (κ3) is 4.82. The quantitative estimate of drug-likeness (QED) is 0.762. The Morgan fingerprint density at radius 3 is 2.73 bits per heavy atom. The van der Waals surface area contributed by atoms with Crippen LogP contribution in [0.1, 0.15) is 10.4 Å². The second kappa shape index (κ2) is 8.51. The number of rotatable bonds is 7. The lowest BCUT2D eigenvalue weighted by molar-refractivity contribution is 0.0768. The van der Waals surface area contributed by atoms with Crippen LogP contribution in [-0.4, -0.2) is 61.3 Å². The van der Waals surface area contributed by atoms with Gasteiger partial charge in [0.25, 0.3) is 0 Å². The molecule has 0 bridgehead atoms. The number of aldehydes is 1. The van der Waals surface area contributed by atoms with Crippen LogP contribution in [0.4, 0.5) is 0 Å². The SMILES string of the molecule is COc1cc(C=O)ccc1OCC(O)CN1C=CN(C)C1.Cl. The normalized spacial score (nSPS) is 14.5. The summed E-state index contributed by atoms with van der Waals surface area (Å²) in [6, 6.07) is 4.92. The van der Waals surface area contributed by atoms with Crippen LogP contribution in [0.3, 0.4) is 0 Å². The molecule has 1 aliphatic heterocycles. The molecule has 0 saturated heterocycles. The van der Waals surface area contributed by atoms with Crippen molar-refractivity contribution in [3.05, 3.63) is 36.2 Å². The van der Waals surface area contributed by atoms with Crippen LogP contribution in [0, 0.1) is 0 Å². The molecule has 2 rings (SSSR count). The van der Waals surface area contributed by atoms with Crippen molar-refractivity contribution in [2.45, 2.75) is 6.10 Å². The average molecular weight is 329 g/mol. The monoisotopic (exact) mass is 328 g/mol. The maximum Gasteiger partial charge on any atom is 0.161 e. The molecule has 1 aliphatic rings. The number of hydrogen-bond acceptors (Lipinski definition) is 6. The van der Waals surface area contributed by atoms with E-state index in [1.165, 1.54) is 7.11 Å². The molecule has 0 fully saturated rings. The maximum absolute atomic E-state index is 10.7. The van der Waals surface area contributed by atoms with Crippen molar-refractivity contribution in [3.8, 4) is 11.5 Å². The molecular weight excluding hydrogens is 308 g/mol. The third-order valence-electron chi connectivity index (χ3n) is 3.14. The predicted molar refractivity (Wildman–Crippen MR) is 85.6 cm³/mol. The largest absolute Gasteiger partial charge is 0.493 e. The number of β-amino-alcohol motifs (C(OH)–C–C–N with tert-alkyl or cyclic N) is 1. The number of benzene rings is 1. The molecule has 22 heavy (non-hydrogen) atoms. The van der Waals surface area contributed by atoms with E-state index in [1.807, 2.05) is 29.2 Å². The Kier molecular flexibility index (Phi) is 7.01. The summed E-state index contributed by atoms with van der Waals surface area (Å²) in [4.78, 5) is 14.7. The van der Waals surface area contributed by atoms with Crippen molar-refractivity contribution in [3.63, 3.8) is 0 Å². The van der Waals surface area contributed by atoms with Crippen molar-refractivity contribution in [2.24, 2.45) is 0 Å². The van der Waals surface area contributed by atoms with E-state index >= 15 is 0 Å². The van der Waals surface area contributed by atoms with E-state index in [1.54, 1.807) is 18.2 Å². The first-order valence-electron chi connectivity index (χ1n) is 6.69. The summed E-state index contributed by atoms with van der Waals surface area (Å²) in [7, 11) is 3.48. The van der Waals surface area contributed by atoms with Crippen LogP contribution in [0.25, 0.3) is 0 Å². The first kappa shape index (κ1) is 18.1.